The van der Waals surface area contributed by atoms with Crippen LogP contribution in [-0.4, -0.2) is 36.5 Å². The Balaban J connectivity index is 2.27. The van der Waals surface area contributed by atoms with Gasteiger partial charge in [-0.25, -0.2) is 4.79 Å². The average molecular weight is 275 g/mol. The first-order valence-corrected chi connectivity index (χ1v) is 7.03. The van der Waals surface area contributed by atoms with E-state index in [0.29, 0.717) is 19.6 Å². The maximum absolute atomic E-state index is 12.2. The molecule has 0 saturated carbocycles. The number of benzene rings is 1. The fourth-order valence-electron chi connectivity index (χ4n) is 2.42. The van der Waals surface area contributed by atoms with Crippen molar-refractivity contribution in [1.29, 1.82) is 0 Å². The zero-order chi connectivity index (χ0) is 14.5. The lowest BCUT2D eigenvalue weighted by molar-refractivity contribution is -0.127. The van der Waals surface area contributed by atoms with Gasteiger partial charge >= 0.3 is 6.03 Å². The van der Waals surface area contributed by atoms with Crippen LogP contribution in [0.1, 0.15) is 30.5 Å². The number of rotatable bonds is 3. The monoisotopic (exact) mass is 275 g/mol. The predicted molar refractivity (Wildman–Crippen MR) is 77.3 cm³/mol. The van der Waals surface area contributed by atoms with E-state index in [-0.39, 0.29) is 11.9 Å². The predicted octanol–water partition coefficient (Wildman–Crippen LogP) is 1.59. The summed E-state index contributed by atoms with van der Waals surface area (Å²) >= 11 is 0. The van der Waals surface area contributed by atoms with Crippen LogP contribution in [-0.2, 0) is 4.79 Å². The SMILES string of the molecule is CCCNC(=O)N1CCNC(=O)C1c1ccccc1C. The van der Waals surface area contributed by atoms with Gasteiger partial charge in [0.15, 0.2) is 0 Å². The fourth-order valence-corrected chi connectivity index (χ4v) is 2.42. The second-order valence-electron chi connectivity index (χ2n) is 4.98. The molecule has 3 amide bonds. The maximum atomic E-state index is 12.2. The van der Waals surface area contributed by atoms with Crippen LogP contribution in [0.15, 0.2) is 24.3 Å². The molecule has 1 aliphatic rings. The Kier molecular flexibility index (Phi) is 4.61. The molecule has 1 fully saturated rings. The van der Waals surface area contributed by atoms with Gasteiger partial charge in [0.2, 0.25) is 5.91 Å². The molecule has 2 N–H and O–H groups in total. The van der Waals surface area contributed by atoms with Gasteiger partial charge in [-0.1, -0.05) is 31.2 Å². The lowest BCUT2D eigenvalue weighted by Crippen LogP contribution is -2.55. The molecule has 0 bridgehead atoms. The van der Waals surface area contributed by atoms with Gasteiger partial charge in [-0.2, -0.15) is 0 Å². The van der Waals surface area contributed by atoms with Gasteiger partial charge in [0.25, 0.3) is 0 Å². The van der Waals surface area contributed by atoms with Crippen LogP contribution in [0.2, 0.25) is 0 Å². The van der Waals surface area contributed by atoms with Gasteiger partial charge in [0, 0.05) is 19.6 Å². The second-order valence-corrected chi connectivity index (χ2v) is 4.98. The van der Waals surface area contributed by atoms with E-state index in [0.717, 1.165) is 17.5 Å². The summed E-state index contributed by atoms with van der Waals surface area (Å²) in [4.78, 5) is 26.1. The number of hydrogen-bond acceptors (Lipinski definition) is 2. The van der Waals surface area contributed by atoms with Crippen LogP contribution < -0.4 is 10.6 Å². The maximum Gasteiger partial charge on any atom is 0.318 e. The van der Waals surface area contributed by atoms with E-state index < -0.39 is 6.04 Å². The molecule has 1 aliphatic heterocycles. The van der Waals surface area contributed by atoms with Gasteiger partial charge in [0.1, 0.15) is 6.04 Å². The topological polar surface area (TPSA) is 61.4 Å². The van der Waals surface area contributed by atoms with Crippen LogP contribution in [0.5, 0.6) is 0 Å². The molecule has 20 heavy (non-hydrogen) atoms. The van der Waals surface area contributed by atoms with Gasteiger partial charge in [-0.3, -0.25) is 4.79 Å². The summed E-state index contributed by atoms with van der Waals surface area (Å²) in [7, 11) is 0. The van der Waals surface area contributed by atoms with Crippen molar-refractivity contribution in [3.63, 3.8) is 0 Å². The third kappa shape index (κ3) is 2.92. The highest BCUT2D eigenvalue weighted by Crippen LogP contribution is 2.25. The Bertz CT molecular complexity index is 502. The summed E-state index contributed by atoms with van der Waals surface area (Å²) in [6.45, 7) is 5.61. The van der Waals surface area contributed by atoms with E-state index in [1.807, 2.05) is 38.1 Å². The van der Waals surface area contributed by atoms with Gasteiger partial charge in [-0.15, -0.1) is 0 Å². The zero-order valence-corrected chi connectivity index (χ0v) is 12.0. The first-order valence-electron chi connectivity index (χ1n) is 7.03. The van der Waals surface area contributed by atoms with Crippen molar-refractivity contribution in [3.8, 4) is 0 Å². The number of urea groups is 1. The Hall–Kier alpha value is -2.04. The molecule has 1 heterocycles. The first-order chi connectivity index (χ1) is 9.65. The van der Waals surface area contributed by atoms with E-state index in [1.54, 1.807) is 4.90 Å². The molecule has 5 nitrogen and oxygen atoms in total. The molecule has 0 aromatic heterocycles. The molecular formula is C15H21N3O2. The van der Waals surface area contributed by atoms with E-state index in [4.69, 9.17) is 0 Å². The van der Waals surface area contributed by atoms with Crippen molar-refractivity contribution in [2.24, 2.45) is 0 Å². The van der Waals surface area contributed by atoms with E-state index in [9.17, 15) is 9.59 Å². The number of aryl methyl sites for hydroxylation is 1. The van der Waals surface area contributed by atoms with Gasteiger partial charge in [-0.05, 0) is 24.5 Å². The lowest BCUT2D eigenvalue weighted by atomic mass is 9.98. The summed E-state index contributed by atoms with van der Waals surface area (Å²) < 4.78 is 0. The summed E-state index contributed by atoms with van der Waals surface area (Å²) in [6, 6.07) is 6.98. The summed E-state index contributed by atoms with van der Waals surface area (Å²) in [5, 5.41) is 5.69. The number of hydrogen-bond donors (Lipinski definition) is 2. The van der Waals surface area contributed by atoms with Crippen LogP contribution in [0.25, 0.3) is 0 Å². The number of nitrogens with one attached hydrogen (secondary N) is 2. The average Bonchev–Trinajstić information content (AvgIpc) is 2.45. The molecular weight excluding hydrogens is 254 g/mol. The Morgan fingerprint density at radius 2 is 2.20 bits per heavy atom. The molecule has 1 aromatic rings. The lowest BCUT2D eigenvalue weighted by Gasteiger charge is -2.35. The van der Waals surface area contributed by atoms with Crippen molar-refractivity contribution < 1.29 is 9.59 Å². The van der Waals surface area contributed by atoms with E-state index in [2.05, 4.69) is 10.6 Å². The van der Waals surface area contributed by atoms with Crippen molar-refractivity contribution in [2.45, 2.75) is 26.3 Å². The Labute approximate surface area is 119 Å². The van der Waals surface area contributed by atoms with Crippen molar-refractivity contribution >= 4 is 11.9 Å². The third-order valence-corrected chi connectivity index (χ3v) is 3.48. The largest absolute Gasteiger partial charge is 0.352 e. The Morgan fingerprint density at radius 1 is 1.45 bits per heavy atom. The molecule has 108 valence electrons. The standard InChI is InChI=1S/C15H21N3O2/c1-3-8-17-15(20)18-10-9-16-14(19)13(18)12-7-5-4-6-11(12)2/h4-7,13H,3,8-10H2,1-2H3,(H,16,19)(H,17,20). The molecule has 0 aliphatic carbocycles. The molecule has 2 rings (SSSR count). The van der Waals surface area contributed by atoms with E-state index >= 15 is 0 Å². The molecule has 0 radical (unpaired) electrons. The van der Waals surface area contributed by atoms with Crippen molar-refractivity contribution in [2.75, 3.05) is 19.6 Å². The summed E-state index contributed by atoms with van der Waals surface area (Å²) in [6.07, 6.45) is 0.876. The number of amides is 3. The number of nitrogens with zero attached hydrogens (tertiary/aromatic N) is 1. The molecule has 1 atom stereocenters. The van der Waals surface area contributed by atoms with Crippen molar-refractivity contribution in [3.05, 3.63) is 35.4 Å². The third-order valence-electron chi connectivity index (χ3n) is 3.48. The van der Waals surface area contributed by atoms with Gasteiger partial charge in [0.05, 0.1) is 0 Å². The van der Waals surface area contributed by atoms with Crippen LogP contribution in [0.3, 0.4) is 0 Å². The zero-order valence-electron chi connectivity index (χ0n) is 12.0. The van der Waals surface area contributed by atoms with Crippen molar-refractivity contribution in [1.82, 2.24) is 15.5 Å². The summed E-state index contributed by atoms with van der Waals surface area (Å²) in [5.74, 6) is -0.114. The summed E-state index contributed by atoms with van der Waals surface area (Å²) in [5.41, 5.74) is 1.90. The second kappa shape index (κ2) is 6.41. The van der Waals surface area contributed by atoms with Crippen LogP contribution in [0.4, 0.5) is 4.79 Å². The number of carbonyl (C=O) groups is 2. The fraction of sp³-hybridized carbons (Fsp3) is 0.467. The van der Waals surface area contributed by atoms with Crippen LogP contribution >= 0.6 is 0 Å². The minimum atomic E-state index is -0.540. The minimum absolute atomic E-state index is 0.114. The smallest absolute Gasteiger partial charge is 0.318 e. The highest BCUT2D eigenvalue weighted by atomic mass is 16.2. The quantitative estimate of drug-likeness (QED) is 0.880. The highest BCUT2D eigenvalue weighted by molar-refractivity contribution is 5.89. The first kappa shape index (κ1) is 14.4. The molecule has 0 spiro atoms. The van der Waals surface area contributed by atoms with Crippen LogP contribution in [0, 0.1) is 6.92 Å². The molecule has 1 saturated heterocycles. The highest BCUT2D eigenvalue weighted by Gasteiger charge is 2.34. The molecule has 1 aromatic carbocycles. The Morgan fingerprint density at radius 3 is 2.90 bits per heavy atom. The van der Waals surface area contributed by atoms with E-state index in [1.165, 1.54) is 0 Å². The molecule has 1 unspecified atom stereocenters. The normalized spacial score (nSPS) is 18.6. The number of carbonyl (C=O) groups excluding carboxylic acids is 2. The number of piperazine rings is 1. The van der Waals surface area contributed by atoms with Gasteiger partial charge < -0.3 is 15.5 Å². The minimum Gasteiger partial charge on any atom is -0.352 e. The molecule has 5 heteroatoms.